The van der Waals surface area contributed by atoms with Gasteiger partial charge in [-0.1, -0.05) is 0 Å². The number of nitrogens with one attached hydrogen (secondary N) is 1. The minimum Gasteiger partial charge on any atom is -0.469 e. The lowest BCUT2D eigenvalue weighted by molar-refractivity contribution is -0.149. The summed E-state index contributed by atoms with van der Waals surface area (Å²) in [5.41, 5.74) is 0. The van der Waals surface area contributed by atoms with Crippen LogP contribution in [-0.4, -0.2) is 41.5 Å². The molecule has 0 saturated heterocycles. The number of methoxy groups -OCH3 is 1. The lowest BCUT2D eigenvalue weighted by atomic mass is 10.1. The van der Waals surface area contributed by atoms with Crippen LogP contribution in [0.1, 0.15) is 6.42 Å². The van der Waals surface area contributed by atoms with E-state index in [2.05, 4.69) is 9.57 Å². The van der Waals surface area contributed by atoms with Gasteiger partial charge >= 0.3 is 5.97 Å². The minimum absolute atomic E-state index is 0.276. The molecule has 0 aliphatic heterocycles. The smallest absolute Gasteiger partial charge is 0.311 e. The molecule has 13 heavy (non-hydrogen) atoms. The number of hydrogen-bond donors (Lipinski definition) is 3. The van der Waals surface area contributed by atoms with Gasteiger partial charge in [-0.3, -0.25) is 4.79 Å². The Kier molecular flexibility index (Phi) is 3.49. The van der Waals surface area contributed by atoms with Crippen molar-refractivity contribution >= 4 is 17.7 Å². The lowest BCUT2D eigenvalue weighted by Crippen LogP contribution is -2.36. The number of esters is 1. The molecule has 1 saturated carbocycles. The van der Waals surface area contributed by atoms with E-state index in [1.54, 1.807) is 0 Å². The van der Waals surface area contributed by atoms with E-state index in [0.717, 1.165) is 0 Å². The zero-order valence-electron chi connectivity index (χ0n) is 7.11. The second-order valence-corrected chi connectivity index (χ2v) is 3.28. The number of rotatable bonds is 2. The zero-order chi connectivity index (χ0) is 10.0. The van der Waals surface area contributed by atoms with Gasteiger partial charge in [-0.15, -0.1) is 0 Å². The Morgan fingerprint density at radius 1 is 1.54 bits per heavy atom. The molecule has 0 spiro atoms. The van der Waals surface area contributed by atoms with Gasteiger partial charge in [-0.05, 0) is 18.2 Å². The summed E-state index contributed by atoms with van der Waals surface area (Å²) in [6.45, 7) is 0. The maximum atomic E-state index is 11.1. The van der Waals surface area contributed by atoms with E-state index in [0.29, 0.717) is 0 Å². The molecular weight excluding hydrogens is 198 g/mol. The molecule has 0 radical (unpaired) electrons. The van der Waals surface area contributed by atoms with Crippen molar-refractivity contribution in [2.24, 2.45) is 5.92 Å². The number of hydrogen-bond acceptors (Lipinski definition) is 5. The highest BCUT2D eigenvalue weighted by Crippen LogP contribution is 2.27. The van der Waals surface area contributed by atoms with Crippen molar-refractivity contribution < 1.29 is 19.7 Å². The van der Waals surface area contributed by atoms with Crippen molar-refractivity contribution in [2.75, 3.05) is 7.11 Å². The van der Waals surface area contributed by atoms with E-state index in [4.69, 9.17) is 11.8 Å². The number of ether oxygens (including phenoxy) is 1. The summed E-state index contributed by atoms with van der Waals surface area (Å²) in [5, 5.41) is 18.8. The molecule has 5 nitrogen and oxygen atoms in total. The maximum Gasteiger partial charge on any atom is 0.311 e. The molecule has 0 heterocycles. The van der Waals surface area contributed by atoms with E-state index in [1.807, 2.05) is 0 Å². The van der Waals surface area contributed by atoms with Crippen LogP contribution in [0.25, 0.3) is 0 Å². The number of carbonyl (C=O) groups excluding carboxylic acids is 1. The third-order valence-electron chi connectivity index (χ3n) is 2.33. The van der Waals surface area contributed by atoms with Crippen molar-refractivity contribution in [1.82, 2.24) is 4.84 Å². The average molecular weight is 210 g/mol. The van der Waals surface area contributed by atoms with Crippen LogP contribution in [0.3, 0.4) is 0 Å². The fraction of sp³-hybridized carbons (Fsp3) is 0.857. The molecule has 0 aromatic heterocycles. The predicted octanol–water partition coefficient (Wildman–Crippen LogP) is -0.987. The Balaban J connectivity index is 2.65. The Hall–Kier alpha value is -0.360. The summed E-state index contributed by atoms with van der Waals surface area (Å²) in [5.74, 6) is -1.22. The van der Waals surface area contributed by atoms with E-state index in [1.165, 1.54) is 7.11 Å². The normalized spacial score (nSPS) is 39.1. The predicted molar refractivity (Wildman–Crippen MR) is 44.9 cm³/mol. The van der Waals surface area contributed by atoms with Crippen LogP contribution in [-0.2, 0) is 9.53 Å². The first kappa shape index (κ1) is 10.7. The summed E-state index contributed by atoms with van der Waals surface area (Å²) in [7, 11) is 1.24. The molecule has 2 unspecified atom stereocenters. The van der Waals surface area contributed by atoms with Crippen molar-refractivity contribution in [3.05, 3.63) is 0 Å². The lowest BCUT2D eigenvalue weighted by Gasteiger charge is -2.14. The first-order valence-corrected chi connectivity index (χ1v) is 4.29. The molecule has 6 heteroatoms. The molecule has 3 N–H and O–H groups in total. The highest BCUT2D eigenvalue weighted by atomic mass is 35.5. The second kappa shape index (κ2) is 4.23. The van der Waals surface area contributed by atoms with Crippen LogP contribution < -0.4 is 4.84 Å². The van der Waals surface area contributed by atoms with E-state index in [-0.39, 0.29) is 6.42 Å². The topological polar surface area (TPSA) is 78.8 Å². The van der Waals surface area contributed by atoms with Gasteiger partial charge in [0.25, 0.3) is 0 Å². The molecule has 4 atom stereocenters. The summed E-state index contributed by atoms with van der Waals surface area (Å²) < 4.78 is 4.46. The molecule has 1 aliphatic carbocycles. The summed E-state index contributed by atoms with van der Waals surface area (Å²) in [6, 6.07) is -0.472. The van der Waals surface area contributed by atoms with Crippen LogP contribution >= 0.6 is 11.8 Å². The van der Waals surface area contributed by atoms with Gasteiger partial charge in [0.2, 0.25) is 0 Å². The van der Waals surface area contributed by atoms with Gasteiger partial charge in [0, 0.05) is 0 Å². The second-order valence-electron chi connectivity index (χ2n) is 3.06. The largest absolute Gasteiger partial charge is 0.469 e. The van der Waals surface area contributed by atoms with Crippen LogP contribution in [0.15, 0.2) is 0 Å². The van der Waals surface area contributed by atoms with Gasteiger partial charge in [-0.25, -0.2) is 4.84 Å². The van der Waals surface area contributed by atoms with E-state index >= 15 is 0 Å². The summed E-state index contributed by atoms with van der Waals surface area (Å²) in [4.78, 5) is 13.4. The molecule has 1 rings (SSSR count). The first-order chi connectivity index (χ1) is 6.11. The van der Waals surface area contributed by atoms with Gasteiger partial charge in [0.1, 0.15) is 0 Å². The quantitative estimate of drug-likeness (QED) is 0.402. The molecule has 0 amide bonds. The Morgan fingerprint density at radius 3 is 2.54 bits per heavy atom. The highest BCUT2D eigenvalue weighted by Gasteiger charge is 2.45. The van der Waals surface area contributed by atoms with Gasteiger partial charge in [0.05, 0.1) is 31.3 Å². The Morgan fingerprint density at radius 2 is 2.15 bits per heavy atom. The molecular formula is C7H12ClNO4. The number of aliphatic hydroxyl groups is 2. The molecule has 1 fully saturated rings. The molecule has 0 bridgehead atoms. The highest BCUT2D eigenvalue weighted by molar-refractivity contribution is 6.13. The van der Waals surface area contributed by atoms with Crippen LogP contribution in [0.5, 0.6) is 0 Å². The Bertz CT molecular complexity index is 201. The summed E-state index contributed by atoms with van der Waals surface area (Å²) in [6.07, 6.45) is -1.86. The van der Waals surface area contributed by atoms with Crippen LogP contribution in [0.2, 0.25) is 0 Å². The summed E-state index contributed by atoms with van der Waals surface area (Å²) >= 11 is 5.31. The third kappa shape index (κ3) is 1.94. The third-order valence-corrected chi connectivity index (χ3v) is 2.61. The van der Waals surface area contributed by atoms with Gasteiger partial charge < -0.3 is 14.9 Å². The maximum absolute atomic E-state index is 11.1. The fourth-order valence-electron chi connectivity index (χ4n) is 1.52. The van der Waals surface area contributed by atoms with Crippen molar-refractivity contribution in [2.45, 2.75) is 24.7 Å². The van der Waals surface area contributed by atoms with E-state index in [9.17, 15) is 15.0 Å². The Labute approximate surface area is 80.8 Å². The zero-order valence-corrected chi connectivity index (χ0v) is 7.86. The molecule has 1 aliphatic rings. The first-order valence-electron chi connectivity index (χ1n) is 3.92. The van der Waals surface area contributed by atoms with E-state index < -0.39 is 30.1 Å². The molecule has 76 valence electrons. The number of carbonyl (C=O) groups is 1. The number of halogens is 1. The monoisotopic (exact) mass is 209 g/mol. The average Bonchev–Trinajstić information content (AvgIpc) is 2.43. The standard InChI is InChI=1S/C7H12ClNO4/c1-13-7(12)3-2-4(9-8)6(11)5(3)10/h3-6,9-11H,2H2,1H3/t3-,4+,5?,6?/m0/s1. The van der Waals surface area contributed by atoms with Crippen LogP contribution in [0.4, 0.5) is 0 Å². The number of aliphatic hydroxyl groups excluding tert-OH is 2. The van der Waals surface area contributed by atoms with Gasteiger partial charge in [0.15, 0.2) is 0 Å². The fourth-order valence-corrected chi connectivity index (χ4v) is 1.74. The molecule has 0 aromatic rings. The van der Waals surface area contributed by atoms with Crippen molar-refractivity contribution in [3.8, 4) is 0 Å². The van der Waals surface area contributed by atoms with Crippen LogP contribution in [0, 0.1) is 5.92 Å². The van der Waals surface area contributed by atoms with Crippen molar-refractivity contribution in [3.63, 3.8) is 0 Å². The molecule has 0 aromatic carbocycles. The van der Waals surface area contributed by atoms with Gasteiger partial charge in [-0.2, -0.15) is 0 Å². The minimum atomic E-state index is -1.11. The SMILES string of the molecule is COC(=O)[C@H]1C[C@@H](NCl)C(O)C1O. The van der Waals surface area contributed by atoms with Crippen molar-refractivity contribution in [1.29, 1.82) is 0 Å².